The summed E-state index contributed by atoms with van der Waals surface area (Å²) in [6.07, 6.45) is 0. The normalized spacial score (nSPS) is 19.2. The molecule has 0 bridgehead atoms. The second kappa shape index (κ2) is 5.80. The summed E-state index contributed by atoms with van der Waals surface area (Å²) in [7, 11) is 0.789. The molecule has 0 radical (unpaired) electrons. The highest BCUT2D eigenvalue weighted by Gasteiger charge is 2.39. The van der Waals surface area contributed by atoms with Crippen LogP contribution in [0.4, 0.5) is 0 Å². The van der Waals surface area contributed by atoms with Crippen molar-refractivity contribution in [1.82, 2.24) is 0 Å². The molecule has 0 unspecified atom stereocenters. The standard InChI is InChI=1S/C11H11BBrINO4/c1-15(14)6-10(16)18-12(19-11(17)7-15)8-3-2-4-9(13)5-8/h2-5H,6-7H2,1H3/q+1. The lowest BCUT2D eigenvalue weighted by molar-refractivity contribution is -0.713. The molecule has 1 aromatic carbocycles. The van der Waals surface area contributed by atoms with Crippen LogP contribution in [0.3, 0.4) is 0 Å². The van der Waals surface area contributed by atoms with Crippen molar-refractivity contribution >= 4 is 63.3 Å². The van der Waals surface area contributed by atoms with E-state index in [4.69, 9.17) is 9.31 Å². The van der Waals surface area contributed by atoms with Crippen molar-refractivity contribution in [2.75, 3.05) is 20.1 Å². The van der Waals surface area contributed by atoms with Gasteiger partial charge in [0.2, 0.25) is 22.9 Å². The second-order valence-electron chi connectivity index (χ2n) is 4.45. The van der Waals surface area contributed by atoms with Gasteiger partial charge in [-0.15, -0.1) is 0 Å². The number of nitrogens with zero attached hydrogens (tertiary/aromatic N) is 1. The molecule has 0 N–H and O–H groups in total. The van der Waals surface area contributed by atoms with Crippen molar-refractivity contribution in [1.29, 1.82) is 0 Å². The number of quaternary nitrogens is 1. The minimum absolute atomic E-state index is 0.125. The van der Waals surface area contributed by atoms with Gasteiger partial charge in [0.1, 0.15) is 0 Å². The van der Waals surface area contributed by atoms with Crippen LogP contribution in [0.25, 0.3) is 0 Å². The predicted molar refractivity (Wildman–Crippen MR) is 81.7 cm³/mol. The zero-order chi connectivity index (χ0) is 14.0. The average Bonchev–Trinajstić information content (AvgIpc) is 2.24. The molecule has 1 heterocycles. The van der Waals surface area contributed by atoms with Crippen LogP contribution in [0.15, 0.2) is 28.7 Å². The summed E-state index contributed by atoms with van der Waals surface area (Å²) in [4.78, 5) is 23.6. The Balaban J connectivity index is 2.23. The van der Waals surface area contributed by atoms with Crippen LogP contribution < -0.4 is 5.46 Å². The Bertz CT molecular complexity index is 503. The van der Waals surface area contributed by atoms with Gasteiger partial charge >= 0.3 is 19.1 Å². The van der Waals surface area contributed by atoms with Gasteiger partial charge in [0, 0.05) is 9.94 Å². The number of rotatable bonds is 1. The molecular formula is C11H11BBrINO4+. The van der Waals surface area contributed by atoms with Crippen molar-refractivity contribution in [3.05, 3.63) is 28.7 Å². The first-order valence-electron chi connectivity index (χ1n) is 5.54. The van der Waals surface area contributed by atoms with E-state index in [0.29, 0.717) is 5.46 Å². The van der Waals surface area contributed by atoms with Crippen molar-refractivity contribution in [2.24, 2.45) is 0 Å². The van der Waals surface area contributed by atoms with E-state index in [1.165, 1.54) is 0 Å². The fourth-order valence-electron chi connectivity index (χ4n) is 1.72. The molecule has 2 rings (SSSR count). The van der Waals surface area contributed by atoms with Gasteiger partial charge < -0.3 is 9.31 Å². The van der Waals surface area contributed by atoms with Gasteiger partial charge in [0.05, 0.1) is 7.05 Å². The fraction of sp³-hybridized carbons (Fsp3) is 0.273. The van der Waals surface area contributed by atoms with Gasteiger partial charge in [-0.1, -0.05) is 28.1 Å². The minimum Gasteiger partial charge on any atom is -0.491 e. The van der Waals surface area contributed by atoms with Gasteiger partial charge in [-0.05, 0) is 12.1 Å². The molecule has 0 atom stereocenters. The number of carbonyl (C=O) groups excluding carboxylic acids is 2. The quantitative estimate of drug-likeness (QED) is 0.373. The molecular weight excluding hydrogens is 428 g/mol. The van der Waals surface area contributed by atoms with E-state index in [1.807, 2.05) is 28.9 Å². The highest BCUT2D eigenvalue weighted by Crippen LogP contribution is 2.15. The van der Waals surface area contributed by atoms with Crippen LogP contribution in [0, 0.1) is 0 Å². The first kappa shape index (κ1) is 14.8. The molecule has 1 saturated heterocycles. The highest BCUT2D eigenvalue weighted by molar-refractivity contribution is 14.1. The second-order valence-corrected chi connectivity index (χ2v) is 7.69. The predicted octanol–water partition coefficient (Wildman–Crippen LogP) is 1.04. The number of carbonyl (C=O) groups is 2. The highest BCUT2D eigenvalue weighted by atomic mass is 127. The van der Waals surface area contributed by atoms with Gasteiger partial charge in [-0.3, -0.25) is 2.70 Å². The third kappa shape index (κ3) is 4.18. The van der Waals surface area contributed by atoms with E-state index in [1.54, 1.807) is 25.2 Å². The van der Waals surface area contributed by atoms with Crippen LogP contribution in [0.5, 0.6) is 0 Å². The smallest absolute Gasteiger partial charge is 0.491 e. The lowest BCUT2D eigenvalue weighted by Gasteiger charge is -2.27. The van der Waals surface area contributed by atoms with E-state index in [9.17, 15) is 9.59 Å². The molecule has 5 nitrogen and oxygen atoms in total. The van der Waals surface area contributed by atoms with Crippen LogP contribution in [0.2, 0.25) is 0 Å². The number of halogens is 2. The topological polar surface area (TPSA) is 52.6 Å². The third-order valence-electron chi connectivity index (χ3n) is 2.52. The van der Waals surface area contributed by atoms with Crippen LogP contribution in [-0.4, -0.2) is 41.9 Å². The Labute approximate surface area is 133 Å². The summed E-state index contributed by atoms with van der Waals surface area (Å²) in [5, 5.41) is 0. The summed E-state index contributed by atoms with van der Waals surface area (Å²) in [6, 6.07) is 7.13. The van der Waals surface area contributed by atoms with Crippen molar-refractivity contribution < 1.29 is 21.6 Å². The summed E-state index contributed by atoms with van der Waals surface area (Å²) in [5.41, 5.74) is 0.626. The first-order chi connectivity index (χ1) is 8.85. The SMILES string of the molecule is C[N+]1(I)CC(=O)OB(c2cccc(Br)c2)OC(=O)C1. The van der Waals surface area contributed by atoms with Crippen molar-refractivity contribution in [3.8, 4) is 0 Å². The van der Waals surface area contributed by atoms with Gasteiger partial charge in [-0.2, -0.15) is 0 Å². The van der Waals surface area contributed by atoms with Crippen molar-refractivity contribution in [2.45, 2.75) is 0 Å². The zero-order valence-electron chi connectivity index (χ0n) is 10.1. The summed E-state index contributed by atoms with van der Waals surface area (Å²) in [5.74, 6) is -0.788. The number of hydrogen-bond acceptors (Lipinski definition) is 4. The number of hydrogen-bond donors (Lipinski definition) is 0. The van der Waals surface area contributed by atoms with Gasteiger partial charge in [0.15, 0.2) is 13.1 Å². The first-order valence-corrected chi connectivity index (χ1v) is 7.30. The van der Waals surface area contributed by atoms with Gasteiger partial charge in [0.25, 0.3) is 0 Å². The van der Waals surface area contributed by atoms with E-state index in [2.05, 4.69) is 15.9 Å². The molecule has 0 aliphatic carbocycles. The monoisotopic (exact) mass is 438 g/mol. The number of likely N-dealkylation sites (N-methyl/N-ethyl adjacent to an activating group) is 1. The van der Waals surface area contributed by atoms with Crippen LogP contribution >= 0.6 is 38.8 Å². The Kier molecular flexibility index (Phi) is 4.52. The summed E-state index contributed by atoms with van der Waals surface area (Å²) < 4.78 is 11.5. The van der Waals surface area contributed by atoms with E-state index in [0.717, 1.165) is 4.47 Å². The van der Waals surface area contributed by atoms with E-state index < -0.39 is 19.1 Å². The Morgan fingerprint density at radius 2 is 1.84 bits per heavy atom. The average molecular weight is 439 g/mol. The Morgan fingerprint density at radius 3 is 2.37 bits per heavy atom. The Morgan fingerprint density at radius 1 is 1.26 bits per heavy atom. The molecule has 0 spiro atoms. The largest absolute Gasteiger partial charge is 0.636 e. The lowest BCUT2D eigenvalue weighted by atomic mass is 9.78. The molecule has 0 saturated carbocycles. The third-order valence-corrected chi connectivity index (χ3v) is 3.69. The molecule has 1 aliphatic rings. The van der Waals surface area contributed by atoms with Gasteiger partial charge in [-0.25, -0.2) is 9.59 Å². The number of benzene rings is 1. The maximum atomic E-state index is 11.8. The van der Waals surface area contributed by atoms with E-state index >= 15 is 0 Å². The van der Waals surface area contributed by atoms with Crippen LogP contribution in [0.1, 0.15) is 0 Å². The zero-order valence-corrected chi connectivity index (χ0v) is 13.9. The molecule has 1 aromatic rings. The Hall–Kier alpha value is -0.605. The molecule has 0 amide bonds. The lowest BCUT2D eigenvalue weighted by Crippen LogP contribution is -2.52. The molecule has 8 heteroatoms. The van der Waals surface area contributed by atoms with Crippen molar-refractivity contribution in [3.63, 3.8) is 0 Å². The molecule has 1 fully saturated rings. The maximum absolute atomic E-state index is 11.8. The van der Waals surface area contributed by atoms with Crippen LogP contribution in [-0.2, 0) is 18.9 Å². The molecule has 1 aliphatic heterocycles. The summed E-state index contributed by atoms with van der Waals surface area (Å²) >= 11 is 5.35. The molecule has 19 heavy (non-hydrogen) atoms. The minimum atomic E-state index is -0.978. The van der Waals surface area contributed by atoms with E-state index in [-0.39, 0.29) is 15.8 Å². The summed E-state index contributed by atoms with van der Waals surface area (Å²) in [6.45, 7) is 0.250. The molecule has 100 valence electrons. The maximum Gasteiger partial charge on any atom is 0.636 e. The molecule has 0 aromatic heterocycles. The fourth-order valence-corrected chi connectivity index (χ4v) is 2.69.